The molecule has 4 nitrogen and oxygen atoms in total. The molecule has 104 valence electrons. The van der Waals surface area contributed by atoms with E-state index in [4.69, 9.17) is 4.74 Å². The van der Waals surface area contributed by atoms with Gasteiger partial charge in [-0.1, -0.05) is 13.3 Å². The van der Waals surface area contributed by atoms with E-state index in [-0.39, 0.29) is 17.5 Å². The molecule has 2 atom stereocenters. The van der Waals surface area contributed by atoms with Crippen LogP contribution in [0.2, 0.25) is 0 Å². The van der Waals surface area contributed by atoms with E-state index in [2.05, 4.69) is 11.9 Å². The quantitative estimate of drug-likeness (QED) is 0.904. The van der Waals surface area contributed by atoms with Crippen LogP contribution in [-0.2, 0) is 0 Å². The lowest BCUT2D eigenvalue weighted by atomic mass is 9.85. The topological polar surface area (TPSA) is 59.4 Å². The summed E-state index contributed by atoms with van der Waals surface area (Å²) in [5.74, 6) is -0.193. The smallest absolute Gasteiger partial charge is 0.341 e. The average molecular weight is 263 g/mol. The molecule has 1 aliphatic rings. The lowest BCUT2D eigenvalue weighted by Gasteiger charge is -2.31. The van der Waals surface area contributed by atoms with Crippen LogP contribution in [0.15, 0.2) is 12.1 Å². The highest BCUT2D eigenvalue weighted by Gasteiger charge is 2.27. The highest BCUT2D eigenvalue weighted by molar-refractivity contribution is 5.90. The van der Waals surface area contributed by atoms with Crippen LogP contribution >= 0.6 is 0 Å². The fourth-order valence-corrected chi connectivity index (χ4v) is 2.72. The number of aromatic carboxylic acids is 1. The van der Waals surface area contributed by atoms with Crippen LogP contribution in [0, 0.1) is 12.8 Å². The van der Waals surface area contributed by atoms with E-state index >= 15 is 0 Å². The van der Waals surface area contributed by atoms with Gasteiger partial charge in [-0.15, -0.1) is 0 Å². The Hall–Kier alpha value is -1.58. The van der Waals surface area contributed by atoms with Gasteiger partial charge in [0.05, 0.1) is 0 Å². The number of carboxylic acids is 1. The van der Waals surface area contributed by atoms with Crippen molar-refractivity contribution < 1.29 is 14.6 Å². The lowest BCUT2D eigenvalue weighted by molar-refractivity contribution is 0.0654. The number of hydrogen-bond acceptors (Lipinski definition) is 3. The van der Waals surface area contributed by atoms with Crippen molar-refractivity contribution >= 4 is 5.97 Å². The van der Waals surface area contributed by atoms with Gasteiger partial charge in [0.15, 0.2) is 0 Å². The minimum atomic E-state index is -0.980. The number of ether oxygens (including phenoxy) is 1. The van der Waals surface area contributed by atoms with Gasteiger partial charge in [0.2, 0.25) is 5.88 Å². The van der Waals surface area contributed by atoms with E-state index in [1.807, 2.05) is 6.92 Å². The second-order valence-electron chi connectivity index (χ2n) is 5.22. The number of rotatable bonds is 4. The Kier molecular flexibility index (Phi) is 4.40. The normalized spacial score (nSPS) is 23.1. The Balaban J connectivity index is 2.21. The zero-order valence-corrected chi connectivity index (χ0v) is 11.6. The van der Waals surface area contributed by atoms with Crippen LogP contribution in [0.1, 0.15) is 55.1 Å². The van der Waals surface area contributed by atoms with E-state index in [1.54, 1.807) is 12.1 Å². The predicted octanol–water partition coefficient (Wildman–Crippen LogP) is 3.44. The second-order valence-corrected chi connectivity index (χ2v) is 5.22. The minimum Gasteiger partial charge on any atom is -0.477 e. The summed E-state index contributed by atoms with van der Waals surface area (Å²) in [6, 6.07) is 3.28. The first-order chi connectivity index (χ1) is 9.11. The standard InChI is InChI=1S/C15H21NO3/c1-3-11-6-4-5-7-13(11)19-14-12(15(17)18)9-8-10(2)16-14/h8-9,11,13H,3-7H2,1-2H3,(H,17,18). The van der Waals surface area contributed by atoms with Crippen molar-refractivity contribution in [1.29, 1.82) is 0 Å². The van der Waals surface area contributed by atoms with Crippen LogP contribution < -0.4 is 4.74 Å². The SMILES string of the molecule is CCC1CCCCC1Oc1nc(C)ccc1C(=O)O. The number of pyridine rings is 1. The molecule has 0 radical (unpaired) electrons. The summed E-state index contributed by atoms with van der Waals surface area (Å²) in [5.41, 5.74) is 0.940. The van der Waals surface area contributed by atoms with Crippen molar-refractivity contribution in [2.45, 2.75) is 52.1 Å². The molecule has 0 spiro atoms. The largest absolute Gasteiger partial charge is 0.477 e. The summed E-state index contributed by atoms with van der Waals surface area (Å²) in [6.07, 6.45) is 5.72. The van der Waals surface area contributed by atoms with Gasteiger partial charge in [0, 0.05) is 5.69 Å². The molecule has 1 N–H and O–H groups in total. The Morgan fingerprint density at radius 3 is 2.84 bits per heavy atom. The molecule has 1 aliphatic carbocycles. The van der Waals surface area contributed by atoms with Gasteiger partial charge in [-0.2, -0.15) is 0 Å². The molecule has 0 aliphatic heterocycles. The van der Waals surface area contributed by atoms with Crippen LogP contribution in [0.25, 0.3) is 0 Å². The van der Waals surface area contributed by atoms with Gasteiger partial charge in [0.1, 0.15) is 11.7 Å². The molecule has 0 amide bonds. The maximum Gasteiger partial charge on any atom is 0.341 e. The van der Waals surface area contributed by atoms with Crippen LogP contribution in [0.3, 0.4) is 0 Å². The Bertz CT molecular complexity index is 459. The zero-order valence-electron chi connectivity index (χ0n) is 11.6. The molecular weight excluding hydrogens is 242 g/mol. The van der Waals surface area contributed by atoms with Crippen molar-refractivity contribution in [3.05, 3.63) is 23.4 Å². The first-order valence-electron chi connectivity index (χ1n) is 6.99. The number of carbonyl (C=O) groups is 1. The van der Waals surface area contributed by atoms with Gasteiger partial charge >= 0.3 is 5.97 Å². The van der Waals surface area contributed by atoms with Gasteiger partial charge in [-0.25, -0.2) is 9.78 Å². The average Bonchev–Trinajstić information content (AvgIpc) is 2.39. The molecule has 1 aromatic heterocycles. The maximum absolute atomic E-state index is 11.2. The third kappa shape index (κ3) is 3.25. The van der Waals surface area contributed by atoms with E-state index in [0.29, 0.717) is 5.92 Å². The Labute approximate surface area is 113 Å². The van der Waals surface area contributed by atoms with Crippen LogP contribution in [0.4, 0.5) is 0 Å². The molecule has 2 unspecified atom stereocenters. The first-order valence-corrected chi connectivity index (χ1v) is 6.99. The lowest BCUT2D eigenvalue weighted by Crippen LogP contribution is -2.30. The van der Waals surface area contributed by atoms with Crippen molar-refractivity contribution in [2.75, 3.05) is 0 Å². The third-order valence-corrected chi connectivity index (χ3v) is 3.86. The predicted molar refractivity (Wildman–Crippen MR) is 72.6 cm³/mol. The van der Waals surface area contributed by atoms with Gasteiger partial charge in [-0.05, 0) is 50.7 Å². The van der Waals surface area contributed by atoms with E-state index in [0.717, 1.165) is 31.4 Å². The van der Waals surface area contributed by atoms with Crippen molar-refractivity contribution in [3.63, 3.8) is 0 Å². The molecule has 0 aromatic carbocycles. The van der Waals surface area contributed by atoms with Crippen molar-refractivity contribution in [2.24, 2.45) is 5.92 Å². The highest BCUT2D eigenvalue weighted by Crippen LogP contribution is 2.31. The molecule has 1 heterocycles. The first kappa shape index (κ1) is 13.8. The summed E-state index contributed by atoms with van der Waals surface area (Å²) >= 11 is 0. The molecule has 4 heteroatoms. The molecule has 2 rings (SSSR count). The summed E-state index contributed by atoms with van der Waals surface area (Å²) in [6.45, 7) is 4.00. The summed E-state index contributed by atoms with van der Waals surface area (Å²) in [5, 5.41) is 9.19. The molecule has 1 fully saturated rings. The number of aromatic nitrogens is 1. The zero-order chi connectivity index (χ0) is 13.8. The van der Waals surface area contributed by atoms with Gasteiger partial charge in [0.25, 0.3) is 0 Å². The summed E-state index contributed by atoms with van der Waals surface area (Å²) < 4.78 is 5.94. The molecule has 19 heavy (non-hydrogen) atoms. The fourth-order valence-electron chi connectivity index (χ4n) is 2.72. The highest BCUT2D eigenvalue weighted by atomic mass is 16.5. The summed E-state index contributed by atoms with van der Waals surface area (Å²) in [4.78, 5) is 15.5. The third-order valence-electron chi connectivity index (χ3n) is 3.86. The number of nitrogens with zero attached hydrogens (tertiary/aromatic N) is 1. The Morgan fingerprint density at radius 1 is 1.42 bits per heavy atom. The maximum atomic E-state index is 11.2. The molecular formula is C15H21NO3. The van der Waals surface area contributed by atoms with Crippen LogP contribution in [0.5, 0.6) is 5.88 Å². The van der Waals surface area contributed by atoms with Crippen LogP contribution in [-0.4, -0.2) is 22.2 Å². The van der Waals surface area contributed by atoms with Gasteiger partial charge < -0.3 is 9.84 Å². The minimum absolute atomic E-state index is 0.103. The van der Waals surface area contributed by atoms with Crippen molar-refractivity contribution in [3.8, 4) is 5.88 Å². The second kappa shape index (κ2) is 6.04. The van der Waals surface area contributed by atoms with E-state index < -0.39 is 5.97 Å². The number of aryl methyl sites for hydroxylation is 1. The molecule has 1 aromatic rings. The summed E-state index contributed by atoms with van der Waals surface area (Å²) in [7, 11) is 0. The fraction of sp³-hybridized carbons (Fsp3) is 0.600. The number of carboxylic acid groups (broad SMARTS) is 1. The van der Waals surface area contributed by atoms with Gasteiger partial charge in [-0.3, -0.25) is 0 Å². The Morgan fingerprint density at radius 2 is 2.16 bits per heavy atom. The monoisotopic (exact) mass is 263 g/mol. The van der Waals surface area contributed by atoms with Crippen molar-refractivity contribution in [1.82, 2.24) is 4.98 Å². The van der Waals surface area contributed by atoms with E-state index in [1.165, 1.54) is 6.42 Å². The molecule has 0 saturated heterocycles. The van der Waals surface area contributed by atoms with E-state index in [9.17, 15) is 9.90 Å². The molecule has 1 saturated carbocycles. The number of hydrogen-bond donors (Lipinski definition) is 1. The molecule has 0 bridgehead atoms.